The van der Waals surface area contributed by atoms with Crippen molar-refractivity contribution in [2.24, 2.45) is 5.92 Å². The van der Waals surface area contributed by atoms with Gasteiger partial charge in [-0.05, 0) is 12.3 Å². The van der Waals surface area contributed by atoms with Gasteiger partial charge in [-0.25, -0.2) is 4.79 Å². The second-order valence-electron chi connectivity index (χ2n) is 4.16. The molecule has 0 aliphatic carbocycles. The van der Waals surface area contributed by atoms with E-state index in [1.54, 1.807) is 0 Å². The molecule has 0 saturated heterocycles. The zero-order chi connectivity index (χ0) is 13.3. The molecule has 0 aromatic rings. The van der Waals surface area contributed by atoms with E-state index in [0.717, 1.165) is 25.7 Å². The number of carbonyl (C=O) groups is 2. The van der Waals surface area contributed by atoms with Crippen LogP contribution in [0.1, 0.15) is 47.4 Å². The number of hydrogen-bond acceptors (Lipinski definition) is 4. The molecule has 0 bridgehead atoms. The molecule has 0 spiro atoms. The minimum Gasteiger partial charge on any atom is -1.00 e. The van der Waals surface area contributed by atoms with Gasteiger partial charge < -0.3 is 16.4 Å². The fraction of sp³-hybridized carbons (Fsp3) is 0.833. The van der Waals surface area contributed by atoms with Gasteiger partial charge in [0.25, 0.3) is 0 Å². The minimum absolute atomic E-state index is 0. The van der Waals surface area contributed by atoms with Crippen molar-refractivity contribution in [3.63, 3.8) is 0 Å². The van der Waals surface area contributed by atoms with E-state index in [0.29, 0.717) is 0 Å². The molecular weight excluding hydrogens is 247 g/mol. The average Bonchev–Trinajstić information content (AvgIpc) is 2.28. The maximum absolute atomic E-state index is 11.2. The van der Waals surface area contributed by atoms with Gasteiger partial charge in [-0.2, -0.15) is 0 Å². The first-order valence-electron chi connectivity index (χ1n) is 6.07. The summed E-state index contributed by atoms with van der Waals surface area (Å²) in [5, 5.41) is 17.6. The van der Waals surface area contributed by atoms with E-state index >= 15 is 0 Å². The van der Waals surface area contributed by atoms with Crippen molar-refractivity contribution in [2.75, 3.05) is 6.61 Å². The third-order valence-electron chi connectivity index (χ3n) is 2.64. The molecule has 0 aromatic heterocycles. The van der Waals surface area contributed by atoms with Crippen LogP contribution in [0.4, 0.5) is 0 Å². The van der Waals surface area contributed by atoms with Crippen molar-refractivity contribution in [1.29, 1.82) is 0 Å². The number of carboxylic acid groups (broad SMARTS) is 1. The van der Waals surface area contributed by atoms with Crippen LogP contribution in [0, 0.1) is 5.92 Å². The number of unbranched alkanes of at least 4 members (excludes halogenated alkanes) is 1. The van der Waals surface area contributed by atoms with Crippen molar-refractivity contribution in [2.45, 2.75) is 52.1 Å². The summed E-state index contributed by atoms with van der Waals surface area (Å²) >= 11 is 0. The molecular formula is C12H23NaO5. The molecule has 0 radical (unpaired) electrons. The van der Waals surface area contributed by atoms with Gasteiger partial charge in [-0.15, -0.1) is 0 Å². The second-order valence-corrected chi connectivity index (χ2v) is 4.16. The predicted octanol–water partition coefficient (Wildman–Crippen LogP) is -1.30. The molecule has 0 heterocycles. The Bertz CT molecular complexity index is 250. The number of carbonyl (C=O) groups excluding carboxylic acids is 1. The number of ether oxygens (including phenoxy) is 1. The number of hydrogen-bond donors (Lipinski definition) is 2. The first-order valence-corrected chi connectivity index (χ1v) is 6.07. The van der Waals surface area contributed by atoms with E-state index in [9.17, 15) is 14.7 Å². The van der Waals surface area contributed by atoms with Gasteiger partial charge in [-0.3, -0.25) is 4.79 Å². The summed E-state index contributed by atoms with van der Waals surface area (Å²) in [7, 11) is 0. The number of aliphatic carboxylic acids is 1. The van der Waals surface area contributed by atoms with Crippen LogP contribution in [0.2, 0.25) is 0 Å². The van der Waals surface area contributed by atoms with Gasteiger partial charge in [-0.1, -0.05) is 33.1 Å². The van der Waals surface area contributed by atoms with Crippen LogP contribution >= 0.6 is 0 Å². The standard InChI is InChI=1S/C12H22O5.Na.H/c1-3-5-6-9(4-2)8-17-12(16)10(13)7-11(14)15;;/h9-10,13H,3-8H2,1-2H3,(H,14,15);;/q;+1;-1. The van der Waals surface area contributed by atoms with Gasteiger partial charge in [0.05, 0.1) is 13.0 Å². The van der Waals surface area contributed by atoms with Gasteiger partial charge in [0.1, 0.15) is 0 Å². The summed E-state index contributed by atoms with van der Waals surface area (Å²) in [4.78, 5) is 21.5. The topological polar surface area (TPSA) is 83.8 Å². The van der Waals surface area contributed by atoms with Gasteiger partial charge in [0.2, 0.25) is 0 Å². The molecule has 0 aromatic carbocycles. The summed E-state index contributed by atoms with van der Waals surface area (Å²) in [5.74, 6) is -1.77. The monoisotopic (exact) mass is 270 g/mol. The fourth-order valence-corrected chi connectivity index (χ4v) is 1.44. The van der Waals surface area contributed by atoms with E-state index in [1.807, 2.05) is 6.92 Å². The molecule has 18 heavy (non-hydrogen) atoms. The van der Waals surface area contributed by atoms with Gasteiger partial charge in [0.15, 0.2) is 6.10 Å². The Morgan fingerprint density at radius 2 is 1.94 bits per heavy atom. The molecule has 0 fully saturated rings. The SMILES string of the molecule is CCCCC(CC)COC(=O)C(O)CC(=O)O.[H-].[Na+]. The first-order chi connectivity index (χ1) is 8.01. The van der Waals surface area contributed by atoms with Crippen molar-refractivity contribution in [1.82, 2.24) is 0 Å². The quantitative estimate of drug-likeness (QED) is 0.402. The normalized spacial score (nSPS) is 13.3. The van der Waals surface area contributed by atoms with Crippen LogP contribution < -0.4 is 29.6 Å². The summed E-state index contributed by atoms with van der Waals surface area (Å²) in [6.07, 6.45) is 1.89. The maximum Gasteiger partial charge on any atom is 1.00 e. The Morgan fingerprint density at radius 1 is 1.33 bits per heavy atom. The number of rotatable bonds is 9. The van der Waals surface area contributed by atoms with Crippen LogP contribution in [0.15, 0.2) is 0 Å². The van der Waals surface area contributed by atoms with Crippen molar-refractivity contribution >= 4 is 11.9 Å². The Balaban J connectivity index is -0.00000128. The van der Waals surface area contributed by atoms with Crippen LogP contribution in [0.3, 0.4) is 0 Å². The number of aliphatic hydroxyl groups excluding tert-OH is 1. The molecule has 102 valence electrons. The number of esters is 1. The van der Waals surface area contributed by atoms with Crippen molar-refractivity contribution < 1.29 is 55.5 Å². The molecule has 0 amide bonds. The summed E-state index contributed by atoms with van der Waals surface area (Å²) in [5.41, 5.74) is 0. The molecule has 2 unspecified atom stereocenters. The molecule has 0 rings (SSSR count). The largest absolute Gasteiger partial charge is 1.00 e. The van der Waals surface area contributed by atoms with Crippen molar-refractivity contribution in [3.8, 4) is 0 Å². The summed E-state index contributed by atoms with van der Waals surface area (Å²) < 4.78 is 4.90. The van der Waals surface area contributed by atoms with E-state index in [2.05, 4.69) is 6.92 Å². The predicted molar refractivity (Wildman–Crippen MR) is 63.6 cm³/mol. The zero-order valence-corrected chi connectivity index (χ0v) is 13.5. The van der Waals surface area contributed by atoms with E-state index in [-0.39, 0.29) is 43.5 Å². The molecule has 5 nitrogen and oxygen atoms in total. The first kappa shape index (κ1) is 20.2. The molecule has 0 aliphatic heterocycles. The van der Waals surface area contributed by atoms with Crippen LogP contribution in [-0.2, 0) is 14.3 Å². The number of carboxylic acids is 1. The Hall–Kier alpha value is -0.100. The van der Waals surface area contributed by atoms with Gasteiger partial charge in [0, 0.05) is 0 Å². The van der Waals surface area contributed by atoms with Gasteiger partial charge >= 0.3 is 41.5 Å². The second kappa shape index (κ2) is 12.0. The Labute approximate surface area is 132 Å². The Morgan fingerprint density at radius 3 is 2.39 bits per heavy atom. The molecule has 2 N–H and O–H groups in total. The zero-order valence-electron chi connectivity index (χ0n) is 12.5. The molecule has 0 saturated carbocycles. The fourth-order valence-electron chi connectivity index (χ4n) is 1.44. The molecule has 2 atom stereocenters. The van der Waals surface area contributed by atoms with Crippen LogP contribution in [-0.4, -0.2) is 34.9 Å². The van der Waals surface area contributed by atoms with E-state index < -0.39 is 24.5 Å². The summed E-state index contributed by atoms with van der Waals surface area (Å²) in [6.45, 7) is 4.36. The smallest absolute Gasteiger partial charge is 1.00 e. The summed E-state index contributed by atoms with van der Waals surface area (Å²) in [6, 6.07) is 0. The molecule has 0 aliphatic rings. The van der Waals surface area contributed by atoms with Crippen LogP contribution in [0.25, 0.3) is 0 Å². The maximum atomic E-state index is 11.2. The van der Waals surface area contributed by atoms with Crippen LogP contribution in [0.5, 0.6) is 0 Å². The van der Waals surface area contributed by atoms with E-state index in [4.69, 9.17) is 9.84 Å². The van der Waals surface area contributed by atoms with Crippen molar-refractivity contribution in [3.05, 3.63) is 0 Å². The third-order valence-corrected chi connectivity index (χ3v) is 2.64. The number of aliphatic hydroxyl groups is 1. The average molecular weight is 270 g/mol. The van der Waals surface area contributed by atoms with E-state index in [1.165, 1.54) is 0 Å². The third kappa shape index (κ3) is 9.88. The molecule has 6 heteroatoms. The Kier molecular flexibility index (Phi) is 13.4. The minimum atomic E-state index is -1.56.